The van der Waals surface area contributed by atoms with Crippen molar-refractivity contribution < 1.29 is 5.11 Å². The Morgan fingerprint density at radius 2 is 2.00 bits per heavy atom. The molecule has 86 valence electrons. The van der Waals surface area contributed by atoms with Crippen LogP contribution >= 0.6 is 22.9 Å². The van der Waals surface area contributed by atoms with Crippen LogP contribution in [0.4, 0.5) is 5.69 Å². The Balaban J connectivity index is 2.58. The van der Waals surface area contributed by atoms with Crippen LogP contribution in [0.5, 0.6) is 5.75 Å². The van der Waals surface area contributed by atoms with Crippen LogP contribution in [0.25, 0.3) is 10.1 Å². The molecule has 16 heavy (non-hydrogen) atoms. The lowest BCUT2D eigenvalue weighted by Gasteiger charge is -2.21. The second-order valence-corrected chi connectivity index (χ2v) is 4.91. The van der Waals surface area contributed by atoms with E-state index in [-0.39, 0.29) is 5.75 Å². The van der Waals surface area contributed by atoms with Crippen LogP contribution in [-0.2, 0) is 0 Å². The molecule has 0 fully saturated rings. The van der Waals surface area contributed by atoms with E-state index in [0.29, 0.717) is 5.02 Å². The van der Waals surface area contributed by atoms with Crippen LogP contribution in [0.1, 0.15) is 13.8 Å². The Kier molecular flexibility index (Phi) is 3.26. The number of rotatable bonds is 3. The average molecular weight is 256 g/mol. The van der Waals surface area contributed by atoms with Gasteiger partial charge in [0.15, 0.2) is 0 Å². The van der Waals surface area contributed by atoms with Crippen molar-refractivity contribution in [2.24, 2.45) is 0 Å². The van der Waals surface area contributed by atoms with Crippen molar-refractivity contribution in [1.29, 1.82) is 0 Å². The van der Waals surface area contributed by atoms with Gasteiger partial charge in [-0.3, -0.25) is 0 Å². The van der Waals surface area contributed by atoms with Gasteiger partial charge in [-0.15, -0.1) is 11.3 Å². The number of phenols is 1. The van der Waals surface area contributed by atoms with Crippen molar-refractivity contribution in [2.45, 2.75) is 13.8 Å². The first-order valence-corrected chi connectivity index (χ1v) is 6.57. The van der Waals surface area contributed by atoms with E-state index in [2.05, 4.69) is 24.8 Å². The molecular weight excluding hydrogens is 242 g/mol. The van der Waals surface area contributed by atoms with E-state index in [1.807, 2.05) is 5.38 Å². The molecule has 4 heteroatoms. The standard InChI is InChI=1S/C12H14ClNOS/c1-3-14(4-2)8-5-10(15)12-9(13)7-16-11(12)6-8/h5-7,15H,3-4H2,1-2H3. The van der Waals surface area contributed by atoms with Crippen molar-refractivity contribution in [2.75, 3.05) is 18.0 Å². The summed E-state index contributed by atoms with van der Waals surface area (Å²) in [6.45, 7) is 6.07. The smallest absolute Gasteiger partial charge is 0.127 e. The van der Waals surface area contributed by atoms with Gasteiger partial charge in [-0.05, 0) is 19.9 Å². The Morgan fingerprint density at radius 1 is 1.31 bits per heavy atom. The molecule has 0 amide bonds. The van der Waals surface area contributed by atoms with Crippen molar-refractivity contribution in [3.8, 4) is 5.75 Å². The fourth-order valence-corrected chi connectivity index (χ4v) is 3.12. The minimum Gasteiger partial charge on any atom is -0.507 e. The highest BCUT2D eigenvalue weighted by Crippen LogP contribution is 2.39. The molecular formula is C12H14ClNOS. The van der Waals surface area contributed by atoms with E-state index in [9.17, 15) is 5.11 Å². The highest BCUT2D eigenvalue weighted by molar-refractivity contribution is 7.18. The predicted octanol–water partition coefficient (Wildman–Crippen LogP) is 4.11. The van der Waals surface area contributed by atoms with Crippen LogP contribution < -0.4 is 4.90 Å². The molecule has 0 saturated heterocycles. The van der Waals surface area contributed by atoms with Crippen LogP contribution in [0.3, 0.4) is 0 Å². The maximum absolute atomic E-state index is 9.96. The lowest BCUT2D eigenvalue weighted by molar-refractivity contribution is 0.481. The SMILES string of the molecule is CCN(CC)c1cc(O)c2c(Cl)csc2c1. The zero-order valence-corrected chi connectivity index (χ0v) is 10.9. The molecule has 2 nitrogen and oxygen atoms in total. The van der Waals surface area contributed by atoms with Gasteiger partial charge in [-0.2, -0.15) is 0 Å². The third kappa shape index (κ3) is 1.85. The third-order valence-corrected chi connectivity index (χ3v) is 4.08. The molecule has 2 aromatic rings. The molecule has 0 aliphatic rings. The van der Waals surface area contributed by atoms with Crippen molar-refractivity contribution in [3.63, 3.8) is 0 Å². The van der Waals surface area contributed by atoms with Gasteiger partial charge in [0.05, 0.1) is 10.4 Å². The molecule has 0 saturated carbocycles. The normalized spacial score (nSPS) is 10.9. The van der Waals surface area contributed by atoms with E-state index in [1.54, 1.807) is 17.4 Å². The Morgan fingerprint density at radius 3 is 2.62 bits per heavy atom. The molecule has 1 heterocycles. The summed E-state index contributed by atoms with van der Waals surface area (Å²) in [6.07, 6.45) is 0. The first kappa shape index (κ1) is 11.6. The Bertz CT molecular complexity index is 505. The van der Waals surface area contributed by atoms with Crippen molar-refractivity contribution >= 4 is 38.7 Å². The van der Waals surface area contributed by atoms with Crippen molar-refractivity contribution in [3.05, 3.63) is 22.5 Å². The number of benzene rings is 1. The number of hydrogen-bond acceptors (Lipinski definition) is 3. The highest BCUT2D eigenvalue weighted by Gasteiger charge is 2.11. The maximum Gasteiger partial charge on any atom is 0.127 e. The molecule has 0 atom stereocenters. The van der Waals surface area contributed by atoms with E-state index in [4.69, 9.17) is 11.6 Å². The first-order valence-electron chi connectivity index (χ1n) is 5.32. The second-order valence-electron chi connectivity index (χ2n) is 3.59. The average Bonchev–Trinajstić information content (AvgIpc) is 2.62. The summed E-state index contributed by atoms with van der Waals surface area (Å²) in [6, 6.07) is 3.87. The minimum absolute atomic E-state index is 0.269. The lowest BCUT2D eigenvalue weighted by atomic mass is 10.2. The molecule has 0 bridgehead atoms. The molecule has 0 radical (unpaired) electrons. The minimum atomic E-state index is 0.269. The predicted molar refractivity (Wildman–Crippen MR) is 72.1 cm³/mol. The number of anilines is 1. The van der Waals surface area contributed by atoms with E-state index in [0.717, 1.165) is 28.9 Å². The summed E-state index contributed by atoms with van der Waals surface area (Å²) in [7, 11) is 0. The monoisotopic (exact) mass is 255 g/mol. The first-order chi connectivity index (χ1) is 7.67. The van der Waals surface area contributed by atoms with Crippen LogP contribution in [0.2, 0.25) is 5.02 Å². The number of aromatic hydroxyl groups is 1. The van der Waals surface area contributed by atoms with Gasteiger partial charge in [-0.25, -0.2) is 0 Å². The largest absolute Gasteiger partial charge is 0.507 e. The molecule has 1 N–H and O–H groups in total. The van der Waals surface area contributed by atoms with Crippen LogP contribution in [0, 0.1) is 0 Å². The molecule has 1 aromatic heterocycles. The molecule has 2 rings (SSSR count). The third-order valence-electron chi connectivity index (χ3n) is 2.72. The number of thiophene rings is 1. The Hall–Kier alpha value is -0.930. The van der Waals surface area contributed by atoms with E-state index in [1.165, 1.54) is 0 Å². The number of phenolic OH excluding ortho intramolecular Hbond substituents is 1. The fourth-order valence-electron chi connectivity index (χ4n) is 1.87. The van der Waals surface area contributed by atoms with Crippen molar-refractivity contribution in [1.82, 2.24) is 0 Å². The highest BCUT2D eigenvalue weighted by atomic mass is 35.5. The summed E-state index contributed by atoms with van der Waals surface area (Å²) in [5.41, 5.74) is 1.05. The number of nitrogens with zero attached hydrogens (tertiary/aromatic N) is 1. The van der Waals surface area contributed by atoms with Gasteiger partial charge in [-0.1, -0.05) is 11.6 Å². The van der Waals surface area contributed by atoms with Gasteiger partial charge in [0.1, 0.15) is 5.75 Å². The van der Waals surface area contributed by atoms with Crippen LogP contribution in [-0.4, -0.2) is 18.2 Å². The van der Waals surface area contributed by atoms with Gasteiger partial charge in [0, 0.05) is 34.9 Å². The summed E-state index contributed by atoms with van der Waals surface area (Å²) in [4.78, 5) is 2.20. The topological polar surface area (TPSA) is 23.5 Å². The fraction of sp³-hybridized carbons (Fsp3) is 0.333. The molecule has 1 aromatic carbocycles. The quantitative estimate of drug-likeness (QED) is 0.892. The summed E-state index contributed by atoms with van der Waals surface area (Å²) >= 11 is 7.58. The molecule has 0 aliphatic heterocycles. The molecule has 0 spiro atoms. The van der Waals surface area contributed by atoms with Gasteiger partial charge in [0.2, 0.25) is 0 Å². The second kappa shape index (κ2) is 4.52. The zero-order chi connectivity index (χ0) is 11.7. The van der Waals surface area contributed by atoms with E-state index < -0.39 is 0 Å². The summed E-state index contributed by atoms with van der Waals surface area (Å²) < 4.78 is 1.03. The zero-order valence-electron chi connectivity index (χ0n) is 9.33. The summed E-state index contributed by atoms with van der Waals surface area (Å²) in [5, 5.41) is 13.2. The summed E-state index contributed by atoms with van der Waals surface area (Å²) in [5.74, 6) is 0.269. The maximum atomic E-state index is 9.96. The lowest BCUT2D eigenvalue weighted by Crippen LogP contribution is -2.21. The van der Waals surface area contributed by atoms with Gasteiger partial charge in [0.25, 0.3) is 0 Å². The molecule has 0 unspecified atom stereocenters. The number of halogens is 1. The van der Waals surface area contributed by atoms with E-state index >= 15 is 0 Å². The number of hydrogen-bond donors (Lipinski definition) is 1. The number of fused-ring (bicyclic) bond motifs is 1. The van der Waals surface area contributed by atoms with Gasteiger partial charge >= 0.3 is 0 Å². The molecule has 0 aliphatic carbocycles. The van der Waals surface area contributed by atoms with Gasteiger partial charge < -0.3 is 10.0 Å². The van der Waals surface area contributed by atoms with Crippen LogP contribution in [0.15, 0.2) is 17.5 Å². The Labute approximate surface area is 104 Å².